The van der Waals surface area contributed by atoms with E-state index in [0.29, 0.717) is 6.42 Å². The minimum absolute atomic E-state index is 0.110. The molecule has 9 heavy (non-hydrogen) atoms. The van der Waals surface area contributed by atoms with Gasteiger partial charge in [-0.1, -0.05) is 0 Å². The first kappa shape index (κ1) is 6.55. The van der Waals surface area contributed by atoms with Crippen molar-refractivity contribution in [1.29, 1.82) is 0 Å². The highest BCUT2D eigenvalue weighted by Crippen LogP contribution is 2.13. The summed E-state index contributed by atoms with van der Waals surface area (Å²) < 4.78 is 4.76. The Morgan fingerprint density at radius 1 is 1.78 bits per heavy atom. The molecule has 1 N–H and O–H groups in total. The third kappa shape index (κ3) is 1.68. The molecule has 1 heterocycles. The van der Waals surface area contributed by atoms with Gasteiger partial charge in [0.2, 0.25) is 0 Å². The van der Waals surface area contributed by atoms with Crippen molar-refractivity contribution < 1.29 is 14.6 Å². The summed E-state index contributed by atoms with van der Waals surface area (Å²) in [7, 11) is 0. The monoisotopic (exact) mass is 130 g/mol. The molecule has 0 aromatic heterocycles. The third-order valence-corrected chi connectivity index (χ3v) is 1.34. The van der Waals surface area contributed by atoms with Crippen molar-refractivity contribution in [2.45, 2.75) is 32.0 Å². The van der Waals surface area contributed by atoms with Gasteiger partial charge < -0.3 is 9.84 Å². The second kappa shape index (κ2) is 2.35. The molecule has 0 aromatic carbocycles. The van der Waals surface area contributed by atoms with Crippen molar-refractivity contribution in [3.63, 3.8) is 0 Å². The van der Waals surface area contributed by atoms with E-state index in [4.69, 9.17) is 9.84 Å². The molecule has 0 aliphatic carbocycles. The molecule has 1 aliphatic heterocycles. The first-order chi connectivity index (χ1) is 4.18. The van der Waals surface area contributed by atoms with Crippen molar-refractivity contribution in [1.82, 2.24) is 0 Å². The zero-order chi connectivity index (χ0) is 6.85. The van der Waals surface area contributed by atoms with Crippen molar-refractivity contribution >= 4 is 5.97 Å². The van der Waals surface area contributed by atoms with Crippen LogP contribution in [0.25, 0.3) is 0 Å². The second-order valence-corrected chi connectivity index (χ2v) is 2.39. The molecule has 0 spiro atoms. The van der Waals surface area contributed by atoms with Crippen LogP contribution in [0.3, 0.4) is 0 Å². The van der Waals surface area contributed by atoms with Crippen LogP contribution in [-0.2, 0) is 9.53 Å². The number of esters is 1. The summed E-state index contributed by atoms with van der Waals surface area (Å²) in [5, 5.41) is 8.95. The van der Waals surface area contributed by atoms with Crippen LogP contribution in [0.15, 0.2) is 0 Å². The van der Waals surface area contributed by atoms with Crippen LogP contribution in [0.4, 0.5) is 0 Å². The maximum absolute atomic E-state index is 10.5. The van der Waals surface area contributed by atoms with Crippen LogP contribution in [-0.4, -0.2) is 23.3 Å². The Labute approximate surface area is 53.6 Å². The fourth-order valence-corrected chi connectivity index (χ4v) is 0.979. The maximum Gasteiger partial charge on any atom is 0.308 e. The summed E-state index contributed by atoms with van der Waals surface area (Å²) in [6.45, 7) is 1.78. The highest BCUT2D eigenvalue weighted by Gasteiger charge is 2.23. The number of ether oxygens (including phenoxy) is 1. The molecule has 2 unspecified atom stereocenters. The van der Waals surface area contributed by atoms with Gasteiger partial charge in [-0.05, 0) is 6.92 Å². The largest absolute Gasteiger partial charge is 0.462 e. The molecule has 0 saturated carbocycles. The Bertz CT molecular complexity index is 109. The summed E-state index contributed by atoms with van der Waals surface area (Å²) in [6, 6.07) is 0. The smallest absolute Gasteiger partial charge is 0.308 e. The molecular formula is C6H10O3. The average molecular weight is 130 g/mol. The molecule has 2 atom stereocenters. The van der Waals surface area contributed by atoms with Crippen molar-refractivity contribution in [2.75, 3.05) is 0 Å². The standard InChI is InChI=1S/C6H10O3/c1-4-2-5(7)3-6(8)9-4/h4-5,7H,2-3H2,1H3. The summed E-state index contributed by atoms with van der Waals surface area (Å²) >= 11 is 0. The van der Waals surface area contributed by atoms with Crippen LogP contribution in [0, 0.1) is 0 Å². The van der Waals surface area contributed by atoms with Crippen LogP contribution < -0.4 is 0 Å². The van der Waals surface area contributed by atoms with Gasteiger partial charge in [0.05, 0.1) is 12.5 Å². The van der Waals surface area contributed by atoms with Gasteiger partial charge in [-0.3, -0.25) is 4.79 Å². The number of aliphatic hydroxyl groups is 1. The van der Waals surface area contributed by atoms with E-state index in [1.807, 2.05) is 0 Å². The molecule has 1 saturated heterocycles. The van der Waals surface area contributed by atoms with E-state index < -0.39 is 6.10 Å². The summed E-state index contributed by atoms with van der Waals surface area (Å²) in [6.07, 6.45) is 0.137. The van der Waals surface area contributed by atoms with Crippen molar-refractivity contribution in [2.24, 2.45) is 0 Å². The molecule has 1 aliphatic rings. The molecule has 0 aromatic rings. The van der Waals surface area contributed by atoms with Gasteiger partial charge in [0, 0.05) is 6.42 Å². The third-order valence-electron chi connectivity index (χ3n) is 1.34. The predicted octanol–water partition coefficient (Wildman–Crippen LogP) is 0.0728. The van der Waals surface area contributed by atoms with Crippen LogP contribution >= 0.6 is 0 Å². The number of cyclic esters (lactones) is 1. The minimum atomic E-state index is -0.485. The Morgan fingerprint density at radius 3 is 2.89 bits per heavy atom. The van der Waals surface area contributed by atoms with E-state index in [1.54, 1.807) is 6.92 Å². The van der Waals surface area contributed by atoms with E-state index in [9.17, 15) is 4.79 Å². The predicted molar refractivity (Wildman–Crippen MR) is 30.8 cm³/mol. The molecule has 3 nitrogen and oxygen atoms in total. The number of hydrogen-bond acceptors (Lipinski definition) is 3. The topological polar surface area (TPSA) is 46.5 Å². The number of hydrogen-bond donors (Lipinski definition) is 1. The lowest BCUT2D eigenvalue weighted by Crippen LogP contribution is -2.30. The molecule has 52 valence electrons. The van der Waals surface area contributed by atoms with E-state index >= 15 is 0 Å². The van der Waals surface area contributed by atoms with E-state index in [2.05, 4.69) is 0 Å². The maximum atomic E-state index is 10.5. The summed E-state index contributed by atoms with van der Waals surface area (Å²) in [5.74, 6) is -0.291. The highest BCUT2D eigenvalue weighted by molar-refractivity contribution is 5.70. The number of rotatable bonds is 0. The van der Waals surface area contributed by atoms with Crippen LogP contribution in [0.1, 0.15) is 19.8 Å². The SMILES string of the molecule is CC1CC(O)CC(=O)O1. The Kier molecular flexibility index (Phi) is 1.71. The first-order valence-corrected chi connectivity index (χ1v) is 3.06. The second-order valence-electron chi connectivity index (χ2n) is 2.39. The first-order valence-electron chi connectivity index (χ1n) is 3.06. The lowest BCUT2D eigenvalue weighted by molar-refractivity contribution is -0.158. The quantitative estimate of drug-likeness (QED) is 0.472. The molecule has 1 fully saturated rings. The molecule has 0 amide bonds. The normalized spacial score (nSPS) is 36.0. The van der Waals surface area contributed by atoms with Gasteiger partial charge in [-0.25, -0.2) is 0 Å². The van der Waals surface area contributed by atoms with Crippen LogP contribution in [0.5, 0.6) is 0 Å². The number of aliphatic hydroxyl groups excluding tert-OH is 1. The van der Waals surface area contributed by atoms with Crippen molar-refractivity contribution in [3.05, 3.63) is 0 Å². The summed E-state index contributed by atoms with van der Waals surface area (Å²) in [5.41, 5.74) is 0. The van der Waals surface area contributed by atoms with E-state index in [0.717, 1.165) is 0 Å². The lowest BCUT2D eigenvalue weighted by Gasteiger charge is -2.22. The Hall–Kier alpha value is -0.570. The Balaban J connectivity index is 2.43. The van der Waals surface area contributed by atoms with Gasteiger partial charge in [0.25, 0.3) is 0 Å². The number of carbonyl (C=O) groups excluding carboxylic acids is 1. The van der Waals surface area contributed by atoms with Gasteiger partial charge >= 0.3 is 5.97 Å². The zero-order valence-electron chi connectivity index (χ0n) is 5.33. The fraction of sp³-hybridized carbons (Fsp3) is 0.833. The molecule has 0 radical (unpaired) electrons. The van der Waals surface area contributed by atoms with Gasteiger partial charge in [-0.2, -0.15) is 0 Å². The van der Waals surface area contributed by atoms with E-state index in [-0.39, 0.29) is 18.5 Å². The highest BCUT2D eigenvalue weighted by atomic mass is 16.5. The Morgan fingerprint density at radius 2 is 2.44 bits per heavy atom. The summed E-state index contributed by atoms with van der Waals surface area (Å²) in [4.78, 5) is 10.5. The van der Waals surface area contributed by atoms with E-state index in [1.165, 1.54) is 0 Å². The fourth-order valence-electron chi connectivity index (χ4n) is 0.979. The molecule has 1 rings (SSSR count). The van der Waals surface area contributed by atoms with Gasteiger partial charge in [0.1, 0.15) is 6.10 Å². The number of carbonyl (C=O) groups is 1. The van der Waals surface area contributed by atoms with Gasteiger partial charge in [0.15, 0.2) is 0 Å². The van der Waals surface area contributed by atoms with Crippen LogP contribution in [0.2, 0.25) is 0 Å². The zero-order valence-corrected chi connectivity index (χ0v) is 5.33. The minimum Gasteiger partial charge on any atom is -0.462 e. The van der Waals surface area contributed by atoms with Gasteiger partial charge in [-0.15, -0.1) is 0 Å². The average Bonchev–Trinajstić information content (AvgIpc) is 1.59. The molecule has 0 bridgehead atoms. The molecular weight excluding hydrogens is 120 g/mol. The van der Waals surface area contributed by atoms with Crippen molar-refractivity contribution in [3.8, 4) is 0 Å². The molecule has 3 heteroatoms. The lowest BCUT2D eigenvalue weighted by atomic mass is 10.1.